The molecule has 0 fully saturated rings. The average Bonchev–Trinajstić information content (AvgIpc) is 2.50. The van der Waals surface area contributed by atoms with E-state index in [9.17, 15) is 4.91 Å². The summed E-state index contributed by atoms with van der Waals surface area (Å²) in [5.41, 5.74) is 0. The van der Waals surface area contributed by atoms with Crippen molar-refractivity contribution in [3.05, 3.63) is 4.91 Å². The highest BCUT2D eigenvalue weighted by Crippen LogP contribution is 2.13. The number of rotatable bonds is 18. The van der Waals surface area contributed by atoms with Crippen LogP contribution < -0.4 is 12.4 Å². The molecular weight excluding hydrogens is 306 g/mol. The van der Waals surface area contributed by atoms with E-state index < -0.39 is 0 Å². The lowest BCUT2D eigenvalue weighted by atomic mass is 10.0. The molecule has 0 aromatic carbocycles. The zero-order valence-electron chi connectivity index (χ0n) is 16.0. The highest BCUT2D eigenvalue weighted by atomic mass is 35.5. The van der Waals surface area contributed by atoms with Crippen LogP contribution >= 0.6 is 0 Å². The first-order valence-corrected chi connectivity index (χ1v) is 10.2. The Bertz CT molecular complexity index is 234. The van der Waals surface area contributed by atoms with Gasteiger partial charge in [0.05, 0.1) is 0 Å². The van der Waals surface area contributed by atoms with E-state index in [0.29, 0.717) is 6.54 Å². The minimum absolute atomic E-state index is 0. The van der Waals surface area contributed by atoms with Crippen molar-refractivity contribution in [3.63, 3.8) is 0 Å². The zero-order valence-corrected chi connectivity index (χ0v) is 16.7. The molecule has 0 aliphatic heterocycles. The van der Waals surface area contributed by atoms with E-state index >= 15 is 0 Å². The maximum atomic E-state index is 10.7. The molecule has 0 rings (SSSR count). The largest absolute Gasteiger partial charge is 1.00 e. The van der Waals surface area contributed by atoms with Crippen molar-refractivity contribution in [2.45, 2.75) is 116 Å². The Kier molecular flexibility index (Phi) is 23.9. The van der Waals surface area contributed by atoms with Gasteiger partial charge in [-0.3, -0.25) is 0 Å². The summed E-state index contributed by atoms with van der Waals surface area (Å²) in [5, 5.41) is 0. The van der Waals surface area contributed by atoms with Crippen molar-refractivity contribution in [1.29, 1.82) is 0 Å². The minimum atomic E-state index is 0. The summed E-state index contributed by atoms with van der Waals surface area (Å²) in [6.45, 7) is 2.99. The van der Waals surface area contributed by atoms with Crippen LogP contribution in [0.1, 0.15) is 116 Å². The first-order valence-electron chi connectivity index (χ1n) is 10.2. The monoisotopic (exact) mass is 347 g/mol. The maximum absolute atomic E-state index is 10.7. The van der Waals surface area contributed by atoms with E-state index in [2.05, 4.69) is 6.92 Å². The van der Waals surface area contributed by atoms with Crippen LogP contribution in [0.5, 0.6) is 0 Å². The van der Waals surface area contributed by atoms with Crippen LogP contribution in [0.4, 0.5) is 0 Å². The lowest BCUT2D eigenvalue weighted by Gasteiger charge is -2.03. The van der Waals surface area contributed by atoms with Gasteiger partial charge in [-0.2, -0.15) is 0 Å². The van der Waals surface area contributed by atoms with Gasteiger partial charge in [0, 0.05) is 11.3 Å². The maximum Gasteiger partial charge on any atom is 0.191 e. The number of hydrogen-bond acceptors (Lipinski definition) is 1. The molecule has 0 atom stereocenters. The van der Waals surface area contributed by atoms with Crippen molar-refractivity contribution < 1.29 is 17.2 Å². The van der Waals surface area contributed by atoms with E-state index in [0.717, 1.165) is 11.2 Å². The third-order valence-corrected chi connectivity index (χ3v) is 4.58. The van der Waals surface area contributed by atoms with Crippen LogP contribution in [0.25, 0.3) is 0 Å². The Morgan fingerprint density at radius 1 is 0.522 bits per heavy atom. The molecule has 0 spiro atoms. The van der Waals surface area contributed by atoms with E-state index in [-0.39, 0.29) is 12.4 Å². The summed E-state index contributed by atoms with van der Waals surface area (Å²) in [6.07, 6.45) is 23.6. The van der Waals surface area contributed by atoms with Gasteiger partial charge in [0.2, 0.25) is 0 Å². The van der Waals surface area contributed by atoms with Crippen LogP contribution in [-0.2, 0) is 0 Å². The van der Waals surface area contributed by atoms with Gasteiger partial charge in [0.1, 0.15) is 0 Å². The summed E-state index contributed by atoms with van der Waals surface area (Å²) in [7, 11) is 1.62. The molecule has 0 aromatic heterocycles. The highest BCUT2D eigenvalue weighted by Gasteiger charge is 1.98. The molecule has 0 aliphatic carbocycles. The van der Waals surface area contributed by atoms with Gasteiger partial charge in [-0.05, 0) is 11.2 Å². The minimum Gasteiger partial charge on any atom is -1.00 e. The summed E-state index contributed by atoms with van der Waals surface area (Å²) >= 11 is 0. The molecule has 0 radical (unpaired) electrons. The van der Waals surface area contributed by atoms with Gasteiger partial charge >= 0.3 is 0 Å². The summed E-state index contributed by atoms with van der Waals surface area (Å²) in [6, 6.07) is 0. The van der Waals surface area contributed by atoms with E-state index in [1.807, 2.05) is 0 Å². The number of unbranched alkanes of at least 4 members (excludes halogenated alkanes) is 16. The molecule has 23 heavy (non-hydrogen) atoms. The fourth-order valence-electron chi connectivity index (χ4n) is 3.06. The fourth-order valence-corrected chi connectivity index (χ4v) is 3.06. The molecule has 0 unspecified atom stereocenters. The molecule has 0 heterocycles. The highest BCUT2D eigenvalue weighted by molar-refractivity contribution is 4.50. The summed E-state index contributed by atoms with van der Waals surface area (Å²) in [5.74, 6) is 0. The molecule has 0 aromatic rings. The van der Waals surface area contributed by atoms with Crippen molar-refractivity contribution >= 4 is 0 Å². The molecule has 0 bridgehead atoms. The first-order chi connectivity index (χ1) is 10.8. The van der Waals surface area contributed by atoms with Crippen LogP contribution in [0.2, 0.25) is 0 Å². The van der Waals surface area contributed by atoms with Crippen LogP contribution in [-0.4, -0.2) is 18.4 Å². The first kappa shape index (κ1) is 25.1. The average molecular weight is 348 g/mol. The predicted molar refractivity (Wildman–Crippen MR) is 98.6 cm³/mol. The molecule has 2 nitrogen and oxygen atoms in total. The Morgan fingerprint density at radius 3 is 1.04 bits per heavy atom. The lowest BCUT2D eigenvalue weighted by molar-refractivity contribution is -0.519. The second-order valence-corrected chi connectivity index (χ2v) is 7.01. The van der Waals surface area contributed by atoms with Crippen LogP contribution in [0.15, 0.2) is 0 Å². The Balaban J connectivity index is 0. The number of nitroso groups, excluding NO2 is 1. The van der Waals surface area contributed by atoms with Gasteiger partial charge in [0.15, 0.2) is 13.6 Å². The molecule has 0 N–H and O–H groups in total. The third kappa shape index (κ3) is 24.3. The molecule has 0 saturated heterocycles. The van der Waals surface area contributed by atoms with Gasteiger partial charge in [0.25, 0.3) is 0 Å². The predicted octanol–water partition coefficient (Wildman–Crippen LogP) is 4.05. The number of hydrogen-bond donors (Lipinski definition) is 0. The van der Waals surface area contributed by atoms with Crippen molar-refractivity contribution in [3.8, 4) is 0 Å². The van der Waals surface area contributed by atoms with Gasteiger partial charge in [-0.15, -0.1) is 0 Å². The van der Waals surface area contributed by atoms with Crippen molar-refractivity contribution in [2.24, 2.45) is 0 Å². The van der Waals surface area contributed by atoms with Crippen molar-refractivity contribution in [2.75, 3.05) is 13.6 Å². The zero-order chi connectivity index (χ0) is 16.3. The van der Waals surface area contributed by atoms with E-state index in [4.69, 9.17) is 0 Å². The molecule has 0 aliphatic rings. The molecular formula is C20H42ClNO. The van der Waals surface area contributed by atoms with Gasteiger partial charge in [-0.1, -0.05) is 103 Å². The second kappa shape index (κ2) is 21.9. The van der Waals surface area contributed by atoms with Gasteiger partial charge < -0.3 is 12.4 Å². The fraction of sp³-hybridized carbons (Fsp3) is 1.00. The van der Waals surface area contributed by atoms with Crippen LogP contribution in [0.3, 0.4) is 0 Å². The lowest BCUT2D eigenvalue weighted by Crippen LogP contribution is -3.00. The topological polar surface area (TPSA) is 20.1 Å². The van der Waals surface area contributed by atoms with Crippen molar-refractivity contribution in [1.82, 2.24) is 0 Å². The summed E-state index contributed by atoms with van der Waals surface area (Å²) in [4.78, 5) is 10.7. The molecule has 0 saturated carbocycles. The Morgan fingerprint density at radius 2 is 0.783 bits per heavy atom. The SMILES string of the molecule is CCCCCCCCCCCCCCCCCCC[N+](C)=O.[Cl-]. The second-order valence-electron chi connectivity index (χ2n) is 7.01. The Labute approximate surface area is 152 Å². The quantitative estimate of drug-likeness (QED) is 0.270. The van der Waals surface area contributed by atoms with E-state index in [1.165, 1.54) is 103 Å². The Hall–Kier alpha value is -0.110. The molecule has 3 heteroatoms. The third-order valence-electron chi connectivity index (χ3n) is 4.58. The standard InChI is InChI=1S/C20H42NO.ClH/c1-3-4-5-6-7-8-9-10-11-12-13-14-15-16-17-18-19-20-21(2)22;/h3-20H2,1-2H3;1H/q+1;/p-1. The number of nitrogens with zero attached hydrogens (tertiary/aromatic N) is 1. The summed E-state index contributed by atoms with van der Waals surface area (Å²) < 4.78 is 1.05. The molecule has 0 amide bonds. The smallest absolute Gasteiger partial charge is 0.191 e. The van der Waals surface area contributed by atoms with E-state index in [1.54, 1.807) is 7.05 Å². The van der Waals surface area contributed by atoms with Gasteiger partial charge in [-0.25, -0.2) is 0 Å². The number of halogens is 1. The van der Waals surface area contributed by atoms with Crippen LogP contribution in [0, 0.1) is 4.91 Å². The molecule has 140 valence electrons. The normalized spacial score (nSPS) is 10.5.